The van der Waals surface area contributed by atoms with Gasteiger partial charge in [0.1, 0.15) is 5.03 Å². The first-order valence-corrected chi connectivity index (χ1v) is 10.8. The number of hydrogen-bond donors (Lipinski definition) is 2. The van der Waals surface area contributed by atoms with Crippen molar-refractivity contribution >= 4 is 46.6 Å². The van der Waals surface area contributed by atoms with Crippen LogP contribution in [0.2, 0.25) is 10.0 Å². The molecular weight excluding hydrogens is 421 g/mol. The van der Waals surface area contributed by atoms with E-state index in [-0.39, 0.29) is 24.0 Å². The zero-order valence-electron chi connectivity index (χ0n) is 15.2. The van der Waals surface area contributed by atoms with Crippen LogP contribution in [0.5, 0.6) is 0 Å². The van der Waals surface area contributed by atoms with Crippen molar-refractivity contribution in [2.75, 3.05) is 17.7 Å². The lowest BCUT2D eigenvalue weighted by Crippen LogP contribution is -2.30. The minimum atomic E-state index is -0.324. The standard InChI is InChI=1S/C19H21Cl2N3O3S/c20-12-6-7-14(21)15(10-12)22-17(26)11-28-18-13-4-1-2-5-16(13)24(8-3-9-25)19(27)23-18/h6-7,10,25H,1-5,8-9,11H2,(H,22,26). The number of halogens is 2. The maximum absolute atomic E-state index is 12.5. The Bertz CT molecular complexity index is 933. The number of benzene rings is 1. The maximum Gasteiger partial charge on any atom is 0.348 e. The van der Waals surface area contributed by atoms with Gasteiger partial charge in [-0.15, -0.1) is 0 Å². The quantitative estimate of drug-likeness (QED) is 0.506. The highest BCUT2D eigenvalue weighted by molar-refractivity contribution is 8.00. The van der Waals surface area contributed by atoms with Crippen molar-refractivity contribution in [2.24, 2.45) is 0 Å². The van der Waals surface area contributed by atoms with E-state index >= 15 is 0 Å². The molecule has 1 amide bonds. The smallest absolute Gasteiger partial charge is 0.348 e. The summed E-state index contributed by atoms with van der Waals surface area (Å²) in [4.78, 5) is 29.0. The van der Waals surface area contributed by atoms with Crippen LogP contribution in [0.3, 0.4) is 0 Å². The van der Waals surface area contributed by atoms with Gasteiger partial charge in [0.2, 0.25) is 5.91 Å². The average Bonchev–Trinajstić information content (AvgIpc) is 2.68. The van der Waals surface area contributed by atoms with Gasteiger partial charge in [0.15, 0.2) is 0 Å². The summed E-state index contributed by atoms with van der Waals surface area (Å²) >= 11 is 13.3. The van der Waals surface area contributed by atoms with Crippen LogP contribution >= 0.6 is 35.0 Å². The molecule has 0 saturated heterocycles. The van der Waals surface area contributed by atoms with Gasteiger partial charge in [-0.2, -0.15) is 4.98 Å². The third-order valence-corrected chi connectivity index (χ3v) is 6.12. The van der Waals surface area contributed by atoms with Crippen molar-refractivity contribution in [1.29, 1.82) is 0 Å². The Morgan fingerprint density at radius 1 is 1.29 bits per heavy atom. The molecule has 28 heavy (non-hydrogen) atoms. The highest BCUT2D eigenvalue weighted by Crippen LogP contribution is 2.29. The fourth-order valence-corrected chi connectivity index (χ4v) is 4.45. The highest BCUT2D eigenvalue weighted by Gasteiger charge is 2.21. The maximum atomic E-state index is 12.5. The van der Waals surface area contributed by atoms with Gasteiger partial charge in [0.25, 0.3) is 0 Å². The number of nitrogens with zero attached hydrogens (tertiary/aromatic N) is 2. The lowest BCUT2D eigenvalue weighted by Gasteiger charge is -2.22. The predicted molar refractivity (Wildman–Crippen MR) is 113 cm³/mol. The summed E-state index contributed by atoms with van der Waals surface area (Å²) in [6.07, 6.45) is 4.23. The van der Waals surface area contributed by atoms with Crippen LogP contribution in [0.4, 0.5) is 5.69 Å². The molecule has 1 aromatic carbocycles. The number of aliphatic hydroxyl groups is 1. The Hall–Kier alpha value is -1.54. The molecule has 6 nitrogen and oxygen atoms in total. The van der Waals surface area contributed by atoms with Gasteiger partial charge in [0, 0.05) is 29.4 Å². The second kappa shape index (κ2) is 9.78. The molecule has 9 heteroatoms. The summed E-state index contributed by atoms with van der Waals surface area (Å²) in [5, 5.41) is 13.3. The third-order valence-electron chi connectivity index (χ3n) is 4.53. The van der Waals surface area contributed by atoms with Gasteiger partial charge in [-0.25, -0.2) is 4.79 Å². The van der Waals surface area contributed by atoms with Crippen LogP contribution < -0.4 is 11.0 Å². The fraction of sp³-hybridized carbons (Fsp3) is 0.421. The molecule has 0 spiro atoms. The van der Waals surface area contributed by atoms with Gasteiger partial charge in [-0.1, -0.05) is 35.0 Å². The molecule has 2 aromatic rings. The number of fused-ring (bicyclic) bond motifs is 1. The number of hydrogen-bond acceptors (Lipinski definition) is 5. The normalized spacial score (nSPS) is 13.2. The first-order chi connectivity index (χ1) is 13.5. The summed E-state index contributed by atoms with van der Waals surface area (Å²) < 4.78 is 1.67. The van der Waals surface area contributed by atoms with Crippen LogP contribution in [0.15, 0.2) is 28.0 Å². The summed E-state index contributed by atoms with van der Waals surface area (Å²) in [6.45, 7) is 0.493. The van der Waals surface area contributed by atoms with Crippen molar-refractivity contribution in [3.05, 3.63) is 50.0 Å². The highest BCUT2D eigenvalue weighted by atomic mass is 35.5. The number of anilines is 1. The molecule has 0 atom stereocenters. The second-order valence-electron chi connectivity index (χ2n) is 6.52. The lowest BCUT2D eigenvalue weighted by atomic mass is 9.97. The Kier molecular flexibility index (Phi) is 7.40. The largest absolute Gasteiger partial charge is 0.396 e. The summed E-state index contributed by atoms with van der Waals surface area (Å²) in [6, 6.07) is 4.86. The zero-order chi connectivity index (χ0) is 20.1. The monoisotopic (exact) mass is 441 g/mol. The summed E-state index contributed by atoms with van der Waals surface area (Å²) in [5.41, 5.74) is 2.16. The number of nitrogens with one attached hydrogen (secondary N) is 1. The van der Waals surface area contributed by atoms with Crippen LogP contribution in [-0.4, -0.2) is 32.9 Å². The van der Waals surface area contributed by atoms with Crippen LogP contribution in [-0.2, 0) is 24.2 Å². The van der Waals surface area contributed by atoms with Crippen molar-refractivity contribution in [3.8, 4) is 0 Å². The van der Waals surface area contributed by atoms with Crippen LogP contribution in [0, 0.1) is 0 Å². The Morgan fingerprint density at radius 3 is 2.86 bits per heavy atom. The Balaban J connectivity index is 1.75. The van der Waals surface area contributed by atoms with E-state index in [1.807, 2.05) is 0 Å². The number of carbonyl (C=O) groups excluding carboxylic acids is 1. The minimum absolute atomic E-state index is 0.0317. The molecular formula is C19H21Cl2N3O3S. The summed E-state index contributed by atoms with van der Waals surface area (Å²) in [7, 11) is 0. The van der Waals surface area contributed by atoms with Gasteiger partial charge in [-0.05, 0) is 50.3 Å². The number of carbonyl (C=O) groups is 1. The second-order valence-corrected chi connectivity index (χ2v) is 8.33. The van der Waals surface area contributed by atoms with E-state index in [1.54, 1.807) is 22.8 Å². The number of rotatable bonds is 7. The van der Waals surface area contributed by atoms with Crippen molar-refractivity contribution in [1.82, 2.24) is 9.55 Å². The van der Waals surface area contributed by atoms with Gasteiger partial charge >= 0.3 is 5.69 Å². The van der Waals surface area contributed by atoms with E-state index in [4.69, 9.17) is 28.3 Å². The average molecular weight is 442 g/mol. The van der Waals surface area contributed by atoms with Gasteiger partial charge in [-0.3, -0.25) is 9.36 Å². The van der Waals surface area contributed by atoms with E-state index in [0.29, 0.717) is 33.7 Å². The SMILES string of the molecule is O=C(CSc1nc(=O)n(CCCO)c2c1CCCC2)Nc1cc(Cl)ccc1Cl. The number of amides is 1. The molecule has 0 unspecified atom stereocenters. The van der Waals surface area contributed by atoms with Crippen molar-refractivity contribution in [2.45, 2.75) is 43.7 Å². The van der Waals surface area contributed by atoms with Crippen LogP contribution in [0.25, 0.3) is 0 Å². The van der Waals surface area contributed by atoms with E-state index in [9.17, 15) is 9.59 Å². The topological polar surface area (TPSA) is 84.2 Å². The molecule has 0 bridgehead atoms. The zero-order valence-corrected chi connectivity index (χ0v) is 17.5. The predicted octanol–water partition coefficient (Wildman–Crippen LogP) is 3.54. The van der Waals surface area contributed by atoms with Gasteiger partial charge < -0.3 is 10.4 Å². The molecule has 0 aliphatic heterocycles. The first kappa shape index (κ1) is 21.2. The fourth-order valence-electron chi connectivity index (χ4n) is 3.24. The van der Waals surface area contributed by atoms with E-state index in [2.05, 4.69) is 10.3 Å². The molecule has 0 fully saturated rings. The van der Waals surface area contributed by atoms with E-state index in [0.717, 1.165) is 36.9 Å². The van der Waals surface area contributed by atoms with Crippen molar-refractivity contribution < 1.29 is 9.90 Å². The molecule has 2 N–H and O–H groups in total. The molecule has 1 aliphatic rings. The Labute approximate surface area is 177 Å². The van der Waals surface area contributed by atoms with E-state index < -0.39 is 0 Å². The Morgan fingerprint density at radius 2 is 2.07 bits per heavy atom. The van der Waals surface area contributed by atoms with Crippen LogP contribution in [0.1, 0.15) is 30.5 Å². The molecule has 0 radical (unpaired) electrons. The third kappa shape index (κ3) is 5.08. The number of aliphatic hydroxyl groups excluding tert-OH is 1. The molecule has 1 heterocycles. The van der Waals surface area contributed by atoms with Crippen molar-refractivity contribution in [3.63, 3.8) is 0 Å². The van der Waals surface area contributed by atoms with E-state index in [1.165, 1.54) is 11.8 Å². The minimum Gasteiger partial charge on any atom is -0.396 e. The number of thioether (sulfide) groups is 1. The molecule has 0 saturated carbocycles. The molecule has 150 valence electrons. The molecule has 1 aromatic heterocycles. The molecule has 1 aliphatic carbocycles. The first-order valence-electron chi connectivity index (χ1n) is 9.10. The summed E-state index contributed by atoms with van der Waals surface area (Å²) in [5.74, 6) is -0.132. The van der Waals surface area contributed by atoms with Gasteiger partial charge in [0.05, 0.1) is 16.5 Å². The molecule has 3 rings (SSSR count). The number of aromatic nitrogens is 2. The lowest BCUT2D eigenvalue weighted by molar-refractivity contribution is -0.113.